The number of piperazine rings is 1. The molecule has 1 saturated heterocycles. The van der Waals surface area contributed by atoms with Crippen molar-refractivity contribution in [3.8, 4) is 16.9 Å². The fourth-order valence-corrected chi connectivity index (χ4v) is 4.01. The van der Waals surface area contributed by atoms with Crippen LogP contribution in [0.5, 0.6) is 5.75 Å². The van der Waals surface area contributed by atoms with Crippen molar-refractivity contribution in [1.82, 2.24) is 10.2 Å². The van der Waals surface area contributed by atoms with Gasteiger partial charge in [-0.1, -0.05) is 54.6 Å². The van der Waals surface area contributed by atoms with Crippen LogP contribution in [0.2, 0.25) is 0 Å². The number of nitrogens with one attached hydrogen (secondary N) is 1. The molecule has 3 aromatic rings. The zero-order valence-electron chi connectivity index (χ0n) is 18.9. The smallest absolute Gasteiger partial charge is 0.251 e. The predicted octanol–water partition coefficient (Wildman–Crippen LogP) is 3.83. The molecule has 6 nitrogen and oxygen atoms in total. The van der Waals surface area contributed by atoms with Gasteiger partial charge >= 0.3 is 0 Å². The Labute approximate surface area is 194 Å². The van der Waals surface area contributed by atoms with Gasteiger partial charge < -0.3 is 19.9 Å². The molecule has 2 amide bonds. The summed E-state index contributed by atoms with van der Waals surface area (Å²) in [5, 5.41) is 2.76. The van der Waals surface area contributed by atoms with E-state index >= 15 is 0 Å². The van der Waals surface area contributed by atoms with E-state index in [0.717, 1.165) is 35.7 Å². The van der Waals surface area contributed by atoms with E-state index in [0.29, 0.717) is 25.3 Å². The Morgan fingerprint density at radius 1 is 0.818 bits per heavy atom. The molecule has 1 heterocycles. The number of anilines is 1. The summed E-state index contributed by atoms with van der Waals surface area (Å²) in [5.41, 5.74) is 3.74. The number of hydrogen-bond donors (Lipinski definition) is 1. The quantitative estimate of drug-likeness (QED) is 0.603. The molecule has 0 radical (unpaired) electrons. The summed E-state index contributed by atoms with van der Waals surface area (Å²) in [6.45, 7) is 5.26. The van der Waals surface area contributed by atoms with E-state index in [-0.39, 0.29) is 18.4 Å². The van der Waals surface area contributed by atoms with Crippen molar-refractivity contribution < 1.29 is 14.3 Å². The first-order valence-electron chi connectivity index (χ1n) is 11.3. The fourth-order valence-electron chi connectivity index (χ4n) is 4.01. The van der Waals surface area contributed by atoms with Gasteiger partial charge in [-0.15, -0.1) is 0 Å². The Morgan fingerprint density at radius 2 is 1.45 bits per heavy atom. The molecule has 4 rings (SSSR count). The van der Waals surface area contributed by atoms with Crippen molar-refractivity contribution >= 4 is 17.5 Å². The lowest BCUT2D eigenvalue weighted by molar-refractivity contribution is -0.130. The molecule has 0 unspecified atom stereocenters. The predicted molar refractivity (Wildman–Crippen MR) is 131 cm³/mol. The lowest BCUT2D eigenvalue weighted by Gasteiger charge is -2.36. The van der Waals surface area contributed by atoms with Gasteiger partial charge in [0, 0.05) is 31.7 Å². The summed E-state index contributed by atoms with van der Waals surface area (Å²) in [6.07, 6.45) is 0. The number of amides is 2. The molecule has 0 saturated carbocycles. The van der Waals surface area contributed by atoms with Crippen molar-refractivity contribution in [2.75, 3.05) is 44.2 Å². The molecule has 0 aliphatic carbocycles. The summed E-state index contributed by atoms with van der Waals surface area (Å²) < 4.78 is 5.73. The SMILES string of the molecule is CCOc1ccccc1N1CCN(C(=O)CNC(=O)c2ccc(-c3ccccc3)cc2)CC1. The van der Waals surface area contributed by atoms with Gasteiger partial charge in [0.25, 0.3) is 5.91 Å². The van der Waals surface area contributed by atoms with Crippen LogP contribution in [-0.4, -0.2) is 56.0 Å². The molecule has 1 fully saturated rings. The average molecular weight is 444 g/mol. The van der Waals surface area contributed by atoms with Crippen LogP contribution in [0.1, 0.15) is 17.3 Å². The number of carbonyl (C=O) groups is 2. The molecule has 1 aliphatic rings. The van der Waals surface area contributed by atoms with E-state index in [4.69, 9.17) is 4.74 Å². The van der Waals surface area contributed by atoms with Crippen molar-refractivity contribution in [2.24, 2.45) is 0 Å². The van der Waals surface area contributed by atoms with Crippen LogP contribution in [-0.2, 0) is 4.79 Å². The number of benzene rings is 3. The fraction of sp³-hybridized carbons (Fsp3) is 0.259. The molecule has 3 aromatic carbocycles. The number of carbonyl (C=O) groups excluding carboxylic acids is 2. The molecular formula is C27H29N3O3. The third kappa shape index (κ3) is 5.52. The van der Waals surface area contributed by atoms with Gasteiger partial charge in [-0.05, 0) is 42.3 Å². The summed E-state index contributed by atoms with van der Waals surface area (Å²) in [6, 6.07) is 25.4. The lowest BCUT2D eigenvalue weighted by atomic mass is 10.0. The van der Waals surface area contributed by atoms with E-state index < -0.39 is 0 Å². The maximum Gasteiger partial charge on any atom is 0.251 e. The summed E-state index contributed by atoms with van der Waals surface area (Å²) >= 11 is 0. The first kappa shape index (κ1) is 22.4. The van der Waals surface area contributed by atoms with Crippen LogP contribution >= 0.6 is 0 Å². The maximum atomic E-state index is 12.7. The monoisotopic (exact) mass is 443 g/mol. The van der Waals surface area contributed by atoms with Crippen LogP contribution in [0.4, 0.5) is 5.69 Å². The van der Waals surface area contributed by atoms with E-state index in [2.05, 4.69) is 10.2 Å². The molecule has 33 heavy (non-hydrogen) atoms. The number of para-hydroxylation sites is 2. The van der Waals surface area contributed by atoms with Gasteiger partial charge in [-0.3, -0.25) is 9.59 Å². The molecule has 0 bridgehead atoms. The zero-order chi connectivity index (χ0) is 23.0. The minimum Gasteiger partial charge on any atom is -0.492 e. The van der Waals surface area contributed by atoms with Gasteiger partial charge in [0.15, 0.2) is 0 Å². The van der Waals surface area contributed by atoms with E-state index in [1.807, 2.05) is 73.7 Å². The van der Waals surface area contributed by atoms with Gasteiger partial charge in [0.2, 0.25) is 5.91 Å². The van der Waals surface area contributed by atoms with Gasteiger partial charge in [0.05, 0.1) is 18.8 Å². The largest absolute Gasteiger partial charge is 0.492 e. The molecule has 1 N–H and O–H groups in total. The highest BCUT2D eigenvalue weighted by atomic mass is 16.5. The Bertz CT molecular complexity index is 1080. The summed E-state index contributed by atoms with van der Waals surface area (Å²) in [4.78, 5) is 29.2. The minimum atomic E-state index is -0.243. The number of rotatable bonds is 7. The second kappa shape index (κ2) is 10.7. The molecule has 0 atom stereocenters. The summed E-state index contributed by atoms with van der Waals surface area (Å²) in [5.74, 6) is 0.555. The zero-order valence-corrected chi connectivity index (χ0v) is 18.9. The number of ether oxygens (including phenoxy) is 1. The van der Waals surface area contributed by atoms with Crippen molar-refractivity contribution in [3.63, 3.8) is 0 Å². The first-order chi connectivity index (χ1) is 16.2. The maximum absolute atomic E-state index is 12.7. The van der Waals surface area contributed by atoms with Crippen LogP contribution in [0, 0.1) is 0 Å². The Balaban J connectivity index is 1.27. The molecule has 0 spiro atoms. The molecule has 6 heteroatoms. The van der Waals surface area contributed by atoms with Gasteiger partial charge in [-0.2, -0.15) is 0 Å². The standard InChI is InChI=1S/C27H29N3O3/c1-2-33-25-11-7-6-10-24(25)29-16-18-30(19-17-29)26(31)20-28-27(32)23-14-12-22(13-15-23)21-8-4-3-5-9-21/h3-15H,2,16-20H2,1H3,(H,28,32). The Hall–Kier alpha value is -3.80. The summed E-state index contributed by atoms with van der Waals surface area (Å²) in [7, 11) is 0. The molecule has 170 valence electrons. The third-order valence-electron chi connectivity index (χ3n) is 5.79. The molecule has 0 aromatic heterocycles. The van der Waals surface area contributed by atoms with Crippen molar-refractivity contribution in [3.05, 3.63) is 84.4 Å². The third-order valence-corrected chi connectivity index (χ3v) is 5.79. The first-order valence-corrected chi connectivity index (χ1v) is 11.3. The highest BCUT2D eigenvalue weighted by Gasteiger charge is 2.23. The lowest BCUT2D eigenvalue weighted by Crippen LogP contribution is -2.51. The van der Waals surface area contributed by atoms with Crippen molar-refractivity contribution in [2.45, 2.75) is 6.92 Å². The number of hydrogen-bond acceptors (Lipinski definition) is 4. The minimum absolute atomic E-state index is 0.00516. The van der Waals surface area contributed by atoms with Crippen LogP contribution in [0.3, 0.4) is 0 Å². The molecular weight excluding hydrogens is 414 g/mol. The van der Waals surface area contributed by atoms with E-state index in [1.54, 1.807) is 17.0 Å². The van der Waals surface area contributed by atoms with Crippen LogP contribution in [0.25, 0.3) is 11.1 Å². The van der Waals surface area contributed by atoms with E-state index in [9.17, 15) is 9.59 Å². The molecule has 1 aliphatic heterocycles. The second-order valence-electron chi connectivity index (χ2n) is 7.89. The van der Waals surface area contributed by atoms with E-state index in [1.165, 1.54) is 0 Å². The van der Waals surface area contributed by atoms with Gasteiger partial charge in [0.1, 0.15) is 5.75 Å². The average Bonchev–Trinajstić information content (AvgIpc) is 2.88. The van der Waals surface area contributed by atoms with Crippen molar-refractivity contribution in [1.29, 1.82) is 0 Å². The Morgan fingerprint density at radius 3 is 2.15 bits per heavy atom. The van der Waals surface area contributed by atoms with Gasteiger partial charge in [-0.25, -0.2) is 0 Å². The topological polar surface area (TPSA) is 61.9 Å². The Kier molecular flexibility index (Phi) is 7.25. The number of nitrogens with zero attached hydrogens (tertiary/aromatic N) is 2. The normalized spacial score (nSPS) is 13.5. The van der Waals surface area contributed by atoms with Crippen LogP contribution in [0.15, 0.2) is 78.9 Å². The van der Waals surface area contributed by atoms with Crippen LogP contribution < -0.4 is 15.0 Å². The second-order valence-corrected chi connectivity index (χ2v) is 7.89. The highest BCUT2D eigenvalue weighted by Crippen LogP contribution is 2.28. The highest BCUT2D eigenvalue weighted by molar-refractivity contribution is 5.96.